The second-order valence-electron chi connectivity index (χ2n) is 4.93. The van der Waals surface area contributed by atoms with E-state index >= 15 is 0 Å². The van der Waals surface area contributed by atoms with Crippen LogP contribution in [0, 0.1) is 0 Å². The van der Waals surface area contributed by atoms with E-state index in [1.54, 1.807) is 0 Å². The number of hydrogen-bond acceptors (Lipinski definition) is 2. The monoisotopic (exact) mass is 265 g/mol. The molecule has 1 aromatic carbocycles. The summed E-state index contributed by atoms with van der Waals surface area (Å²) in [5, 5.41) is 0. The van der Waals surface area contributed by atoms with Gasteiger partial charge in [0.05, 0.1) is 17.4 Å². The first kappa shape index (κ1) is 12.9. The van der Waals surface area contributed by atoms with Crippen molar-refractivity contribution in [3.8, 4) is 11.3 Å². The normalized spacial score (nSPS) is 11.1. The molecule has 3 nitrogen and oxygen atoms in total. The highest BCUT2D eigenvalue weighted by Gasteiger charge is 2.08. The Labute approximate surface area is 119 Å². The summed E-state index contributed by atoms with van der Waals surface area (Å²) < 4.78 is 2.20. The van der Waals surface area contributed by atoms with Crippen LogP contribution in [-0.4, -0.2) is 15.9 Å². The number of aromatic nitrogens is 2. The van der Waals surface area contributed by atoms with Gasteiger partial charge in [-0.15, -0.1) is 0 Å². The van der Waals surface area contributed by atoms with E-state index in [1.807, 2.05) is 6.20 Å². The Balaban J connectivity index is 2.16. The second-order valence-corrected chi connectivity index (χ2v) is 4.93. The predicted molar refractivity (Wildman–Crippen MR) is 82.8 cm³/mol. The van der Waals surface area contributed by atoms with Crippen molar-refractivity contribution in [2.45, 2.75) is 19.8 Å². The van der Waals surface area contributed by atoms with Gasteiger partial charge in [-0.3, -0.25) is 4.40 Å². The van der Waals surface area contributed by atoms with Gasteiger partial charge in [0, 0.05) is 6.42 Å². The van der Waals surface area contributed by atoms with E-state index in [4.69, 9.17) is 5.73 Å². The minimum atomic E-state index is 0.613. The molecule has 0 amide bonds. The lowest BCUT2D eigenvalue weighted by Crippen LogP contribution is -2.07. The molecular formula is C17H19N3. The third-order valence-electron chi connectivity index (χ3n) is 3.65. The van der Waals surface area contributed by atoms with Gasteiger partial charge < -0.3 is 5.73 Å². The van der Waals surface area contributed by atoms with E-state index in [0.29, 0.717) is 6.54 Å². The van der Waals surface area contributed by atoms with Gasteiger partial charge in [-0.05, 0) is 36.2 Å². The lowest BCUT2D eigenvalue weighted by atomic mass is 10.1. The summed E-state index contributed by atoms with van der Waals surface area (Å²) in [6.07, 6.45) is 3.76. The van der Waals surface area contributed by atoms with Gasteiger partial charge in [-0.1, -0.05) is 37.3 Å². The molecule has 0 saturated heterocycles. The molecule has 0 bridgehead atoms. The molecule has 102 valence electrons. The molecule has 3 heteroatoms. The van der Waals surface area contributed by atoms with Gasteiger partial charge >= 0.3 is 0 Å². The van der Waals surface area contributed by atoms with Gasteiger partial charge in [0.2, 0.25) is 0 Å². The van der Waals surface area contributed by atoms with Crippen LogP contribution in [0.4, 0.5) is 0 Å². The van der Waals surface area contributed by atoms with E-state index < -0.39 is 0 Å². The Morgan fingerprint density at radius 1 is 1.10 bits per heavy atom. The van der Waals surface area contributed by atoms with Crippen molar-refractivity contribution in [3.63, 3.8) is 0 Å². The standard InChI is InChI=1S/C17H19N3/c1-2-13-6-8-14(9-7-13)16-5-3-4-15-12-19-17(10-11-18)20(15)16/h3-9,12H,2,10-11,18H2,1H3. The van der Waals surface area contributed by atoms with Gasteiger partial charge in [0.25, 0.3) is 0 Å². The van der Waals surface area contributed by atoms with Gasteiger partial charge in [0.15, 0.2) is 0 Å². The zero-order chi connectivity index (χ0) is 13.9. The number of nitrogens with zero attached hydrogens (tertiary/aromatic N) is 2. The first-order chi connectivity index (χ1) is 9.83. The van der Waals surface area contributed by atoms with Crippen LogP contribution in [0.3, 0.4) is 0 Å². The summed E-state index contributed by atoms with van der Waals surface area (Å²) in [6, 6.07) is 15.0. The van der Waals surface area contributed by atoms with E-state index in [2.05, 4.69) is 58.8 Å². The van der Waals surface area contributed by atoms with Crippen molar-refractivity contribution >= 4 is 5.52 Å². The highest BCUT2D eigenvalue weighted by molar-refractivity contribution is 5.65. The summed E-state index contributed by atoms with van der Waals surface area (Å²) in [4.78, 5) is 4.49. The maximum absolute atomic E-state index is 5.68. The molecule has 2 N–H and O–H groups in total. The molecule has 20 heavy (non-hydrogen) atoms. The van der Waals surface area contributed by atoms with E-state index in [9.17, 15) is 0 Å². The van der Waals surface area contributed by atoms with Crippen molar-refractivity contribution in [2.24, 2.45) is 5.73 Å². The second kappa shape index (κ2) is 5.47. The topological polar surface area (TPSA) is 43.3 Å². The summed E-state index contributed by atoms with van der Waals surface area (Å²) in [6.45, 7) is 2.78. The Kier molecular flexibility index (Phi) is 3.52. The quantitative estimate of drug-likeness (QED) is 0.788. The molecule has 3 aromatic rings. The van der Waals surface area contributed by atoms with E-state index in [0.717, 1.165) is 24.2 Å². The van der Waals surface area contributed by atoms with E-state index in [1.165, 1.54) is 16.8 Å². The average Bonchev–Trinajstić information content (AvgIpc) is 2.91. The van der Waals surface area contributed by atoms with Crippen LogP contribution in [0.2, 0.25) is 0 Å². The Morgan fingerprint density at radius 2 is 1.90 bits per heavy atom. The Morgan fingerprint density at radius 3 is 2.60 bits per heavy atom. The summed E-state index contributed by atoms with van der Waals surface area (Å²) >= 11 is 0. The minimum Gasteiger partial charge on any atom is -0.330 e. The maximum atomic E-state index is 5.68. The molecule has 0 unspecified atom stereocenters. The van der Waals surface area contributed by atoms with Crippen LogP contribution in [0.5, 0.6) is 0 Å². The van der Waals surface area contributed by atoms with Crippen LogP contribution in [0.1, 0.15) is 18.3 Å². The molecule has 0 radical (unpaired) electrons. The molecule has 0 spiro atoms. The highest BCUT2D eigenvalue weighted by Crippen LogP contribution is 2.23. The average molecular weight is 265 g/mol. The Bertz CT molecular complexity index is 711. The zero-order valence-electron chi connectivity index (χ0n) is 11.7. The number of rotatable bonds is 4. The van der Waals surface area contributed by atoms with Crippen LogP contribution in [0.25, 0.3) is 16.8 Å². The third kappa shape index (κ3) is 2.21. The number of imidazole rings is 1. The number of pyridine rings is 1. The molecule has 3 rings (SSSR count). The highest BCUT2D eigenvalue weighted by atomic mass is 15.0. The SMILES string of the molecule is CCc1ccc(-c2cccc3cnc(CCN)n23)cc1. The van der Waals surface area contributed by atoms with Crippen molar-refractivity contribution in [3.05, 3.63) is 60.0 Å². The molecule has 0 aliphatic rings. The fourth-order valence-corrected chi connectivity index (χ4v) is 2.56. The lowest BCUT2D eigenvalue weighted by Gasteiger charge is -2.09. The van der Waals surface area contributed by atoms with Crippen molar-refractivity contribution in [1.29, 1.82) is 0 Å². The predicted octanol–water partition coefficient (Wildman–Crippen LogP) is 3.06. The molecule has 0 aliphatic carbocycles. The number of hydrogen-bond donors (Lipinski definition) is 1. The van der Waals surface area contributed by atoms with Crippen molar-refractivity contribution in [2.75, 3.05) is 6.54 Å². The molecule has 2 aromatic heterocycles. The number of aryl methyl sites for hydroxylation is 1. The Hall–Kier alpha value is -2.13. The summed E-state index contributed by atoms with van der Waals surface area (Å²) in [5.41, 5.74) is 10.5. The first-order valence-corrected chi connectivity index (χ1v) is 7.08. The third-order valence-corrected chi connectivity index (χ3v) is 3.65. The van der Waals surface area contributed by atoms with Crippen LogP contribution < -0.4 is 5.73 Å². The number of benzene rings is 1. The fraction of sp³-hybridized carbons (Fsp3) is 0.235. The van der Waals surface area contributed by atoms with Gasteiger partial charge in [0.1, 0.15) is 5.82 Å². The minimum absolute atomic E-state index is 0.613. The largest absolute Gasteiger partial charge is 0.330 e. The molecule has 2 heterocycles. The lowest BCUT2D eigenvalue weighted by molar-refractivity contribution is 0.866. The van der Waals surface area contributed by atoms with Crippen molar-refractivity contribution < 1.29 is 0 Å². The summed E-state index contributed by atoms with van der Waals surface area (Å²) in [5.74, 6) is 1.03. The molecule has 0 atom stereocenters. The zero-order valence-corrected chi connectivity index (χ0v) is 11.7. The van der Waals surface area contributed by atoms with Crippen LogP contribution in [0.15, 0.2) is 48.7 Å². The summed E-state index contributed by atoms with van der Waals surface area (Å²) in [7, 11) is 0. The van der Waals surface area contributed by atoms with Crippen LogP contribution in [-0.2, 0) is 12.8 Å². The van der Waals surface area contributed by atoms with Gasteiger partial charge in [-0.2, -0.15) is 0 Å². The van der Waals surface area contributed by atoms with Crippen molar-refractivity contribution in [1.82, 2.24) is 9.38 Å². The fourth-order valence-electron chi connectivity index (χ4n) is 2.56. The number of fused-ring (bicyclic) bond motifs is 1. The molecule has 0 aliphatic heterocycles. The smallest absolute Gasteiger partial charge is 0.114 e. The molecule has 0 saturated carbocycles. The number of nitrogens with two attached hydrogens (primary N) is 1. The maximum Gasteiger partial charge on any atom is 0.114 e. The van der Waals surface area contributed by atoms with Gasteiger partial charge in [-0.25, -0.2) is 4.98 Å². The first-order valence-electron chi connectivity index (χ1n) is 7.08. The molecule has 0 fully saturated rings. The molecular weight excluding hydrogens is 246 g/mol. The van der Waals surface area contributed by atoms with Crippen LogP contribution >= 0.6 is 0 Å². The van der Waals surface area contributed by atoms with E-state index in [-0.39, 0.29) is 0 Å².